The third-order valence-electron chi connectivity index (χ3n) is 1.64. The Kier molecular flexibility index (Phi) is 3.33. The summed E-state index contributed by atoms with van der Waals surface area (Å²) in [4.78, 5) is 0. The van der Waals surface area contributed by atoms with Crippen molar-refractivity contribution in [1.29, 1.82) is 0 Å². The van der Waals surface area contributed by atoms with E-state index in [0.29, 0.717) is 0 Å². The monoisotopic (exact) mass is 212 g/mol. The van der Waals surface area contributed by atoms with Crippen LogP contribution in [0.4, 0.5) is 8.78 Å². The van der Waals surface area contributed by atoms with Gasteiger partial charge in [-0.25, -0.2) is 8.78 Å². The smallest absolute Gasteiger partial charge is 0.211 e. The maximum Gasteiger partial charge on any atom is 0.211 e. The normalized spacial score (nSPS) is 11.3. The van der Waals surface area contributed by atoms with Crippen LogP contribution in [0.1, 0.15) is 12.5 Å². The number of rotatable bonds is 2. The summed E-state index contributed by atoms with van der Waals surface area (Å²) in [7, 11) is 0. The van der Waals surface area contributed by atoms with Gasteiger partial charge in [0.15, 0.2) is 0 Å². The number of halogens is 2. The predicted molar refractivity (Wildman–Crippen MR) is 54.4 cm³/mol. The third kappa shape index (κ3) is 3.01. The van der Waals surface area contributed by atoms with Crippen LogP contribution < -0.4 is 11.5 Å². The molecule has 1 aromatic rings. The van der Waals surface area contributed by atoms with Crippen LogP contribution in [-0.4, -0.2) is 11.7 Å². The van der Waals surface area contributed by atoms with Crippen LogP contribution in [0.5, 0.6) is 0 Å². The van der Waals surface area contributed by atoms with Crippen molar-refractivity contribution in [2.75, 3.05) is 0 Å². The average molecular weight is 212 g/mol. The summed E-state index contributed by atoms with van der Waals surface area (Å²) in [5.41, 5.74) is 10.5. The van der Waals surface area contributed by atoms with Gasteiger partial charge in [-0.3, -0.25) is 0 Å². The van der Waals surface area contributed by atoms with Crippen LogP contribution >= 0.6 is 0 Å². The SMILES string of the molecule is C/C(=N/N=C(N)N)c1ccc(F)cc1F. The fourth-order valence-corrected chi connectivity index (χ4v) is 0.969. The number of nitrogens with zero attached hydrogens (tertiary/aromatic N) is 2. The first-order valence-corrected chi connectivity index (χ1v) is 4.09. The van der Waals surface area contributed by atoms with Gasteiger partial charge in [0.2, 0.25) is 5.96 Å². The molecule has 0 aliphatic rings. The lowest BCUT2D eigenvalue weighted by atomic mass is 10.1. The van der Waals surface area contributed by atoms with Gasteiger partial charge >= 0.3 is 0 Å². The predicted octanol–water partition coefficient (Wildman–Crippen LogP) is 0.962. The van der Waals surface area contributed by atoms with Gasteiger partial charge in [-0.2, -0.15) is 5.10 Å². The maximum atomic E-state index is 13.2. The fraction of sp³-hybridized carbons (Fsp3) is 0.111. The van der Waals surface area contributed by atoms with Crippen LogP contribution in [0.25, 0.3) is 0 Å². The van der Waals surface area contributed by atoms with Gasteiger partial charge < -0.3 is 11.5 Å². The van der Waals surface area contributed by atoms with E-state index in [9.17, 15) is 8.78 Å². The van der Waals surface area contributed by atoms with Crippen molar-refractivity contribution in [3.8, 4) is 0 Å². The molecule has 0 fully saturated rings. The summed E-state index contributed by atoms with van der Waals surface area (Å²) >= 11 is 0. The van der Waals surface area contributed by atoms with E-state index in [1.165, 1.54) is 13.0 Å². The Bertz CT molecular complexity index is 422. The Morgan fingerprint density at radius 2 is 1.87 bits per heavy atom. The lowest BCUT2D eigenvalue weighted by Gasteiger charge is -2.00. The highest BCUT2D eigenvalue weighted by atomic mass is 19.1. The zero-order valence-corrected chi connectivity index (χ0v) is 8.04. The van der Waals surface area contributed by atoms with Crippen LogP contribution in [0.15, 0.2) is 28.4 Å². The van der Waals surface area contributed by atoms with Crippen molar-refractivity contribution in [2.45, 2.75) is 6.92 Å². The third-order valence-corrected chi connectivity index (χ3v) is 1.64. The molecule has 1 rings (SSSR count). The molecule has 0 radical (unpaired) electrons. The Balaban J connectivity index is 3.06. The minimum atomic E-state index is -0.706. The first-order chi connectivity index (χ1) is 7.00. The number of hydrogen-bond acceptors (Lipinski definition) is 2. The van der Waals surface area contributed by atoms with Crippen molar-refractivity contribution in [3.05, 3.63) is 35.4 Å². The molecule has 0 unspecified atom stereocenters. The van der Waals surface area contributed by atoms with Crippen LogP contribution in [0.3, 0.4) is 0 Å². The fourth-order valence-electron chi connectivity index (χ4n) is 0.969. The molecular formula is C9H10F2N4. The van der Waals surface area contributed by atoms with E-state index in [4.69, 9.17) is 11.5 Å². The summed E-state index contributed by atoms with van der Waals surface area (Å²) < 4.78 is 25.8. The molecule has 0 amide bonds. The summed E-state index contributed by atoms with van der Waals surface area (Å²) in [5.74, 6) is -1.58. The van der Waals surface area contributed by atoms with Crippen molar-refractivity contribution < 1.29 is 8.78 Å². The minimum Gasteiger partial charge on any atom is -0.369 e. The van der Waals surface area contributed by atoms with Crippen molar-refractivity contribution in [3.63, 3.8) is 0 Å². The standard InChI is InChI=1S/C9H10F2N4/c1-5(14-15-9(12)13)7-3-2-6(10)4-8(7)11/h2-4H,1H3,(H4,12,13,15)/b14-5-. The molecule has 0 aliphatic heterocycles. The van der Waals surface area contributed by atoms with Gasteiger partial charge in [0.1, 0.15) is 11.6 Å². The van der Waals surface area contributed by atoms with Crippen LogP contribution in [0, 0.1) is 11.6 Å². The molecule has 15 heavy (non-hydrogen) atoms. The van der Waals surface area contributed by atoms with E-state index >= 15 is 0 Å². The van der Waals surface area contributed by atoms with Crippen molar-refractivity contribution in [1.82, 2.24) is 0 Å². The molecule has 0 saturated heterocycles. The number of guanidine groups is 1. The van der Waals surface area contributed by atoms with E-state index in [1.54, 1.807) is 0 Å². The van der Waals surface area contributed by atoms with Crippen LogP contribution in [-0.2, 0) is 0 Å². The van der Waals surface area contributed by atoms with Crippen molar-refractivity contribution in [2.24, 2.45) is 21.7 Å². The molecule has 0 atom stereocenters. The summed E-state index contributed by atoms with van der Waals surface area (Å²) in [5, 5.41) is 6.94. The van der Waals surface area contributed by atoms with Gasteiger partial charge in [0.25, 0.3) is 0 Å². The van der Waals surface area contributed by atoms with Gasteiger partial charge in [-0.05, 0) is 19.1 Å². The Morgan fingerprint density at radius 3 is 2.40 bits per heavy atom. The molecule has 80 valence electrons. The minimum absolute atomic E-state index is 0.154. The molecule has 0 spiro atoms. The topological polar surface area (TPSA) is 76.8 Å². The first kappa shape index (κ1) is 11.1. The quantitative estimate of drug-likeness (QED) is 0.435. The first-order valence-electron chi connectivity index (χ1n) is 4.09. The second-order valence-electron chi connectivity index (χ2n) is 2.83. The van der Waals surface area contributed by atoms with E-state index in [2.05, 4.69) is 10.2 Å². The van der Waals surface area contributed by atoms with Crippen LogP contribution in [0.2, 0.25) is 0 Å². The number of nitrogens with two attached hydrogens (primary N) is 2. The van der Waals surface area contributed by atoms with Crippen molar-refractivity contribution >= 4 is 11.7 Å². The molecular weight excluding hydrogens is 202 g/mol. The molecule has 4 N–H and O–H groups in total. The lowest BCUT2D eigenvalue weighted by molar-refractivity contribution is 0.581. The van der Waals surface area contributed by atoms with Gasteiger partial charge in [0, 0.05) is 11.6 Å². The maximum absolute atomic E-state index is 13.2. The highest BCUT2D eigenvalue weighted by Gasteiger charge is 2.06. The highest BCUT2D eigenvalue weighted by Crippen LogP contribution is 2.10. The molecule has 1 aromatic carbocycles. The van der Waals surface area contributed by atoms with E-state index in [1.807, 2.05) is 0 Å². The van der Waals surface area contributed by atoms with E-state index in [0.717, 1.165) is 12.1 Å². The zero-order valence-electron chi connectivity index (χ0n) is 8.04. The second kappa shape index (κ2) is 4.50. The number of benzene rings is 1. The Morgan fingerprint density at radius 1 is 1.20 bits per heavy atom. The molecule has 4 nitrogen and oxygen atoms in total. The summed E-state index contributed by atoms with van der Waals surface area (Å²) in [6.07, 6.45) is 0. The summed E-state index contributed by atoms with van der Waals surface area (Å²) in [6.45, 7) is 1.52. The second-order valence-corrected chi connectivity index (χ2v) is 2.83. The summed E-state index contributed by atoms with van der Waals surface area (Å²) in [6, 6.07) is 3.17. The molecule has 0 saturated carbocycles. The lowest BCUT2D eigenvalue weighted by Crippen LogP contribution is -2.22. The number of hydrogen-bond donors (Lipinski definition) is 2. The molecule has 0 heterocycles. The van der Waals surface area contributed by atoms with E-state index in [-0.39, 0.29) is 17.2 Å². The zero-order chi connectivity index (χ0) is 11.4. The van der Waals surface area contributed by atoms with Gasteiger partial charge in [-0.15, -0.1) is 5.10 Å². The highest BCUT2D eigenvalue weighted by molar-refractivity contribution is 5.99. The molecule has 6 heteroatoms. The molecule has 0 aliphatic carbocycles. The van der Waals surface area contributed by atoms with Gasteiger partial charge in [-0.1, -0.05) is 0 Å². The largest absolute Gasteiger partial charge is 0.369 e. The molecule has 0 aromatic heterocycles. The Labute approximate surface area is 85.3 Å². The molecule has 0 bridgehead atoms. The van der Waals surface area contributed by atoms with Gasteiger partial charge in [0.05, 0.1) is 5.71 Å². The Hall–Kier alpha value is -1.98. The van der Waals surface area contributed by atoms with E-state index < -0.39 is 11.6 Å². The average Bonchev–Trinajstić information content (AvgIpc) is 2.14.